The average molecular weight is 349 g/mol. The fourth-order valence-corrected chi connectivity index (χ4v) is 3.15. The van der Waals surface area contributed by atoms with E-state index in [2.05, 4.69) is 23.0 Å². The number of furan rings is 1. The van der Waals surface area contributed by atoms with Crippen molar-refractivity contribution in [1.29, 1.82) is 0 Å². The highest BCUT2D eigenvalue weighted by molar-refractivity contribution is 5.06. The summed E-state index contributed by atoms with van der Waals surface area (Å²) in [5, 5.41) is 14.7. The smallest absolute Gasteiger partial charge is 0.129 e. The summed E-state index contributed by atoms with van der Waals surface area (Å²) in [6.45, 7) is 8.32. The van der Waals surface area contributed by atoms with Gasteiger partial charge in [-0.2, -0.15) is 5.10 Å². The van der Waals surface area contributed by atoms with Crippen molar-refractivity contribution in [3.63, 3.8) is 0 Å². The molecule has 1 N–H and O–H groups in total. The molecule has 7 nitrogen and oxygen atoms in total. The SMILES string of the molecule is Cc1cc(C)n(C[C@@H]2CN(C[C@@H](O)COCc3ccco3)CCO2)n1. The van der Waals surface area contributed by atoms with E-state index in [9.17, 15) is 5.11 Å². The third-order valence-electron chi connectivity index (χ3n) is 4.31. The normalized spacial score (nSPS) is 20.0. The van der Waals surface area contributed by atoms with Gasteiger partial charge < -0.3 is 19.0 Å². The Morgan fingerprint density at radius 3 is 3.04 bits per heavy atom. The molecule has 0 aromatic carbocycles. The van der Waals surface area contributed by atoms with Gasteiger partial charge in [0.2, 0.25) is 0 Å². The Labute approximate surface area is 148 Å². The van der Waals surface area contributed by atoms with E-state index in [0.29, 0.717) is 26.4 Å². The molecule has 0 spiro atoms. The molecule has 2 aromatic heterocycles. The van der Waals surface area contributed by atoms with Crippen LogP contribution >= 0.6 is 0 Å². The van der Waals surface area contributed by atoms with Crippen molar-refractivity contribution in [3.05, 3.63) is 41.6 Å². The number of rotatable bonds is 8. The minimum absolute atomic E-state index is 0.0861. The second-order valence-corrected chi connectivity index (χ2v) is 6.61. The van der Waals surface area contributed by atoms with E-state index in [0.717, 1.165) is 36.8 Å². The van der Waals surface area contributed by atoms with E-state index in [-0.39, 0.29) is 6.10 Å². The molecule has 3 rings (SSSR count). The molecule has 1 saturated heterocycles. The van der Waals surface area contributed by atoms with E-state index >= 15 is 0 Å². The summed E-state index contributed by atoms with van der Waals surface area (Å²) in [6, 6.07) is 5.75. The zero-order valence-electron chi connectivity index (χ0n) is 14.9. The topological polar surface area (TPSA) is 72.9 Å². The lowest BCUT2D eigenvalue weighted by Gasteiger charge is -2.34. The number of aryl methyl sites for hydroxylation is 2. The van der Waals surface area contributed by atoms with Gasteiger partial charge in [0.15, 0.2) is 0 Å². The van der Waals surface area contributed by atoms with Crippen LogP contribution in [0.25, 0.3) is 0 Å². The molecule has 1 aliphatic heterocycles. The van der Waals surface area contributed by atoms with Gasteiger partial charge in [0, 0.05) is 25.3 Å². The molecular formula is C18H27N3O4. The first-order valence-electron chi connectivity index (χ1n) is 8.73. The predicted molar refractivity (Wildman–Crippen MR) is 92.3 cm³/mol. The van der Waals surface area contributed by atoms with Crippen molar-refractivity contribution >= 4 is 0 Å². The molecule has 0 radical (unpaired) electrons. The summed E-state index contributed by atoms with van der Waals surface area (Å²) in [7, 11) is 0. The van der Waals surface area contributed by atoms with Crippen LogP contribution in [-0.2, 0) is 22.6 Å². The first-order valence-corrected chi connectivity index (χ1v) is 8.73. The Kier molecular flexibility index (Phi) is 6.25. The summed E-state index contributed by atoms with van der Waals surface area (Å²) in [6.07, 6.45) is 1.18. The molecule has 3 heterocycles. The van der Waals surface area contributed by atoms with Gasteiger partial charge in [-0.1, -0.05) is 0 Å². The van der Waals surface area contributed by atoms with Crippen LogP contribution in [0.4, 0.5) is 0 Å². The maximum Gasteiger partial charge on any atom is 0.129 e. The Morgan fingerprint density at radius 2 is 2.32 bits per heavy atom. The highest BCUT2D eigenvalue weighted by Gasteiger charge is 2.23. The summed E-state index contributed by atoms with van der Waals surface area (Å²) in [5.74, 6) is 0.767. The molecule has 25 heavy (non-hydrogen) atoms. The summed E-state index contributed by atoms with van der Waals surface area (Å²) in [5.41, 5.74) is 2.17. The molecule has 2 atom stereocenters. The monoisotopic (exact) mass is 349 g/mol. The molecule has 0 bridgehead atoms. The van der Waals surface area contributed by atoms with Crippen LogP contribution in [0.1, 0.15) is 17.1 Å². The van der Waals surface area contributed by atoms with Gasteiger partial charge in [0.05, 0.1) is 43.9 Å². The van der Waals surface area contributed by atoms with E-state index in [1.165, 1.54) is 0 Å². The number of aromatic nitrogens is 2. The third-order valence-corrected chi connectivity index (χ3v) is 4.31. The van der Waals surface area contributed by atoms with Crippen molar-refractivity contribution in [2.24, 2.45) is 0 Å². The zero-order valence-corrected chi connectivity index (χ0v) is 14.9. The third kappa shape index (κ3) is 5.40. The number of aliphatic hydroxyl groups excluding tert-OH is 1. The fourth-order valence-electron chi connectivity index (χ4n) is 3.15. The van der Waals surface area contributed by atoms with Crippen LogP contribution in [0, 0.1) is 13.8 Å². The fraction of sp³-hybridized carbons (Fsp3) is 0.611. The molecule has 1 fully saturated rings. The van der Waals surface area contributed by atoms with Crippen molar-refractivity contribution in [3.8, 4) is 0 Å². The zero-order chi connectivity index (χ0) is 17.6. The maximum absolute atomic E-state index is 10.2. The number of hydrogen-bond donors (Lipinski definition) is 1. The number of ether oxygens (including phenoxy) is 2. The first kappa shape index (κ1) is 18.1. The Balaban J connectivity index is 1.40. The van der Waals surface area contributed by atoms with Crippen molar-refractivity contribution in [2.75, 3.05) is 32.8 Å². The number of β-amino-alcohol motifs (C(OH)–C–C–N with tert-alkyl or cyclic N) is 1. The van der Waals surface area contributed by atoms with Gasteiger partial charge in [-0.25, -0.2) is 0 Å². The lowest BCUT2D eigenvalue weighted by molar-refractivity contribution is -0.0591. The first-order chi connectivity index (χ1) is 12.1. The van der Waals surface area contributed by atoms with Crippen LogP contribution in [0.3, 0.4) is 0 Å². The quantitative estimate of drug-likeness (QED) is 0.776. The van der Waals surface area contributed by atoms with Gasteiger partial charge in [0.25, 0.3) is 0 Å². The highest BCUT2D eigenvalue weighted by atomic mass is 16.5. The number of morpholine rings is 1. The average Bonchev–Trinajstić information content (AvgIpc) is 3.18. The standard InChI is InChI=1S/C18H27N3O4/c1-14-8-15(2)21(19-14)11-18-10-20(5-7-25-18)9-16(22)12-23-13-17-4-3-6-24-17/h3-4,6,8,16,18,22H,5,7,9-13H2,1-2H3/t16-,18+/m1/s1. The van der Waals surface area contributed by atoms with Crippen LogP contribution < -0.4 is 0 Å². The summed E-state index contributed by atoms with van der Waals surface area (Å²) >= 11 is 0. The lowest BCUT2D eigenvalue weighted by atomic mass is 10.2. The molecule has 7 heteroatoms. The maximum atomic E-state index is 10.2. The van der Waals surface area contributed by atoms with Crippen molar-refractivity contribution in [1.82, 2.24) is 14.7 Å². The van der Waals surface area contributed by atoms with Crippen LogP contribution in [0.2, 0.25) is 0 Å². The largest absolute Gasteiger partial charge is 0.467 e. The van der Waals surface area contributed by atoms with Crippen molar-refractivity contribution in [2.45, 2.75) is 39.2 Å². The Hall–Kier alpha value is -1.67. The van der Waals surface area contributed by atoms with Gasteiger partial charge in [-0.3, -0.25) is 9.58 Å². The van der Waals surface area contributed by atoms with Crippen LogP contribution in [0.15, 0.2) is 28.9 Å². The Morgan fingerprint density at radius 1 is 1.44 bits per heavy atom. The van der Waals surface area contributed by atoms with Gasteiger partial charge in [0.1, 0.15) is 12.4 Å². The van der Waals surface area contributed by atoms with E-state index in [4.69, 9.17) is 13.9 Å². The second kappa shape index (κ2) is 8.62. The number of aliphatic hydroxyl groups is 1. The summed E-state index contributed by atoms with van der Waals surface area (Å²) in [4.78, 5) is 2.22. The van der Waals surface area contributed by atoms with Gasteiger partial charge >= 0.3 is 0 Å². The van der Waals surface area contributed by atoms with E-state index < -0.39 is 6.10 Å². The molecule has 1 aliphatic rings. The van der Waals surface area contributed by atoms with Crippen molar-refractivity contribution < 1.29 is 19.0 Å². The minimum Gasteiger partial charge on any atom is -0.467 e. The van der Waals surface area contributed by atoms with E-state index in [1.807, 2.05) is 23.7 Å². The van der Waals surface area contributed by atoms with E-state index in [1.54, 1.807) is 6.26 Å². The highest BCUT2D eigenvalue weighted by Crippen LogP contribution is 2.11. The molecular weight excluding hydrogens is 322 g/mol. The summed E-state index contributed by atoms with van der Waals surface area (Å²) < 4.78 is 18.6. The molecule has 0 unspecified atom stereocenters. The van der Waals surface area contributed by atoms with Gasteiger partial charge in [-0.05, 0) is 32.0 Å². The minimum atomic E-state index is -0.526. The van der Waals surface area contributed by atoms with Crippen LogP contribution in [-0.4, -0.2) is 64.8 Å². The predicted octanol–water partition coefficient (Wildman–Crippen LogP) is 1.37. The molecule has 0 aliphatic carbocycles. The van der Waals surface area contributed by atoms with Gasteiger partial charge in [-0.15, -0.1) is 0 Å². The number of nitrogens with zero attached hydrogens (tertiary/aromatic N) is 3. The molecule has 138 valence electrons. The number of hydrogen-bond acceptors (Lipinski definition) is 6. The second-order valence-electron chi connectivity index (χ2n) is 6.61. The molecule has 0 amide bonds. The molecule has 2 aromatic rings. The lowest BCUT2D eigenvalue weighted by Crippen LogP contribution is -2.47. The molecule has 0 saturated carbocycles. The Bertz CT molecular complexity index is 641. The van der Waals surface area contributed by atoms with Crippen LogP contribution in [0.5, 0.6) is 0 Å².